The number of rotatable bonds is 5. The predicted octanol–water partition coefficient (Wildman–Crippen LogP) is 5.67. The number of carbonyl (C=O) groups is 2. The number of amides is 2. The zero-order chi connectivity index (χ0) is 23.4. The highest BCUT2D eigenvalue weighted by atomic mass is 16.6. The monoisotopic (exact) mass is 449 g/mol. The Labute approximate surface area is 196 Å². The summed E-state index contributed by atoms with van der Waals surface area (Å²) < 4.78 is 5.50. The van der Waals surface area contributed by atoms with E-state index in [-0.39, 0.29) is 5.91 Å². The summed E-state index contributed by atoms with van der Waals surface area (Å²) in [6.07, 6.45) is 8.56. The molecule has 1 aromatic heterocycles. The van der Waals surface area contributed by atoms with Crippen molar-refractivity contribution in [2.75, 3.05) is 11.4 Å². The van der Waals surface area contributed by atoms with Gasteiger partial charge in [0, 0.05) is 18.4 Å². The maximum absolute atomic E-state index is 13.6. The van der Waals surface area contributed by atoms with Crippen molar-refractivity contribution in [3.05, 3.63) is 59.9 Å². The number of para-hydroxylation sites is 1. The summed E-state index contributed by atoms with van der Waals surface area (Å²) in [4.78, 5) is 34.1. The molecule has 6 heteroatoms. The zero-order valence-electron chi connectivity index (χ0n) is 20.0. The summed E-state index contributed by atoms with van der Waals surface area (Å²) >= 11 is 0. The minimum absolute atomic E-state index is 0.100. The van der Waals surface area contributed by atoms with Crippen molar-refractivity contribution in [2.24, 2.45) is 0 Å². The lowest BCUT2D eigenvalue weighted by Gasteiger charge is -2.42. The largest absolute Gasteiger partial charge is 0.444 e. The molecule has 0 unspecified atom stereocenters. The number of carbonyl (C=O) groups excluding carboxylic acids is 2. The first-order valence-corrected chi connectivity index (χ1v) is 12.1. The summed E-state index contributed by atoms with van der Waals surface area (Å²) in [7, 11) is 0. The van der Waals surface area contributed by atoms with Gasteiger partial charge in [-0.2, -0.15) is 0 Å². The van der Waals surface area contributed by atoms with Crippen LogP contribution in [0.4, 0.5) is 10.5 Å². The van der Waals surface area contributed by atoms with Gasteiger partial charge in [-0.3, -0.25) is 14.7 Å². The van der Waals surface area contributed by atoms with E-state index in [4.69, 9.17) is 9.72 Å². The van der Waals surface area contributed by atoms with Crippen LogP contribution in [0, 0.1) is 0 Å². The van der Waals surface area contributed by atoms with Crippen LogP contribution in [-0.2, 0) is 16.1 Å². The van der Waals surface area contributed by atoms with Gasteiger partial charge in [0.2, 0.25) is 5.91 Å². The summed E-state index contributed by atoms with van der Waals surface area (Å²) in [6.45, 7) is 6.40. The molecule has 1 aliphatic carbocycles. The quantitative estimate of drug-likeness (QED) is 0.590. The summed E-state index contributed by atoms with van der Waals surface area (Å²) in [6, 6.07) is 13.3. The van der Waals surface area contributed by atoms with Gasteiger partial charge in [0.15, 0.2) is 0 Å². The highest BCUT2D eigenvalue weighted by molar-refractivity contribution is 5.99. The number of hydrogen-bond donors (Lipinski definition) is 0. The molecule has 0 bridgehead atoms. The Hall–Kier alpha value is -2.89. The number of anilines is 1. The van der Waals surface area contributed by atoms with Crippen molar-refractivity contribution in [3.8, 4) is 0 Å². The molecule has 0 radical (unpaired) electrons. The van der Waals surface area contributed by atoms with Gasteiger partial charge in [-0.15, -0.1) is 0 Å². The Kier molecular flexibility index (Phi) is 7.01. The van der Waals surface area contributed by atoms with Gasteiger partial charge in [-0.25, -0.2) is 4.79 Å². The normalized spacial score (nSPS) is 19.0. The van der Waals surface area contributed by atoms with E-state index in [1.165, 1.54) is 42.6 Å². The average molecular weight is 450 g/mol. The fraction of sp³-hybridized carbons (Fsp3) is 0.519. The van der Waals surface area contributed by atoms with E-state index in [2.05, 4.69) is 6.07 Å². The van der Waals surface area contributed by atoms with E-state index in [1.54, 1.807) is 4.90 Å². The standard InChI is InChI=1S/C27H35N3O3/c1-27(2,3)33-26(32)29-17-16-24(29)25(31)30(23-12-8-5-9-13-23)19-22-15-14-21(18-28-22)20-10-6-4-7-11-20/h5,8-9,12-15,18,20,24H,4,6-7,10-11,16-17,19H2,1-3H3/t24-/m1/s1. The van der Waals surface area contributed by atoms with Crippen LogP contribution in [0.1, 0.15) is 76.5 Å². The Morgan fingerprint density at radius 1 is 1.03 bits per heavy atom. The fourth-order valence-corrected chi connectivity index (χ4v) is 4.64. The smallest absolute Gasteiger partial charge is 0.410 e. The second kappa shape index (κ2) is 9.94. The molecule has 2 amide bonds. The molecule has 1 aromatic carbocycles. The van der Waals surface area contributed by atoms with Crippen molar-refractivity contribution >= 4 is 17.7 Å². The topological polar surface area (TPSA) is 62.7 Å². The van der Waals surface area contributed by atoms with Crippen molar-refractivity contribution < 1.29 is 14.3 Å². The third-order valence-corrected chi connectivity index (χ3v) is 6.51. The molecular formula is C27H35N3O3. The molecule has 6 nitrogen and oxygen atoms in total. The van der Waals surface area contributed by atoms with Crippen molar-refractivity contribution in [1.29, 1.82) is 0 Å². The maximum Gasteiger partial charge on any atom is 0.410 e. The fourth-order valence-electron chi connectivity index (χ4n) is 4.64. The minimum atomic E-state index is -0.594. The van der Waals surface area contributed by atoms with Gasteiger partial charge in [-0.05, 0) is 69.7 Å². The molecule has 0 spiro atoms. The molecule has 1 saturated carbocycles. The van der Waals surface area contributed by atoms with Gasteiger partial charge in [-0.1, -0.05) is 43.5 Å². The van der Waals surface area contributed by atoms with Crippen LogP contribution in [0.15, 0.2) is 48.7 Å². The second-order valence-electron chi connectivity index (χ2n) is 10.2. The van der Waals surface area contributed by atoms with Crippen molar-refractivity contribution in [1.82, 2.24) is 9.88 Å². The Bertz CT molecular complexity index is 947. The molecule has 2 heterocycles. The van der Waals surface area contributed by atoms with Crippen LogP contribution in [-0.4, -0.2) is 40.1 Å². The van der Waals surface area contributed by atoms with Gasteiger partial charge in [0.05, 0.1) is 12.2 Å². The van der Waals surface area contributed by atoms with Crippen molar-refractivity contribution in [2.45, 2.75) is 83.4 Å². The van der Waals surface area contributed by atoms with Gasteiger partial charge < -0.3 is 9.64 Å². The summed E-state index contributed by atoms with van der Waals surface area (Å²) in [5.74, 6) is 0.501. The molecule has 1 atom stereocenters. The lowest BCUT2D eigenvalue weighted by Crippen LogP contribution is -2.59. The Morgan fingerprint density at radius 2 is 1.76 bits per heavy atom. The molecule has 2 aromatic rings. The van der Waals surface area contributed by atoms with Crippen molar-refractivity contribution in [3.63, 3.8) is 0 Å². The molecule has 0 N–H and O–H groups in total. The third kappa shape index (κ3) is 5.73. The van der Waals surface area contributed by atoms with E-state index in [1.807, 2.05) is 63.4 Å². The molecule has 2 aliphatic rings. The molecule has 4 rings (SSSR count). The molecule has 2 fully saturated rings. The first kappa shape index (κ1) is 23.3. The van der Waals surface area contributed by atoms with Crippen LogP contribution >= 0.6 is 0 Å². The third-order valence-electron chi connectivity index (χ3n) is 6.51. The van der Waals surface area contributed by atoms with Gasteiger partial charge >= 0.3 is 6.09 Å². The SMILES string of the molecule is CC(C)(C)OC(=O)N1CC[C@@H]1C(=O)N(Cc1ccc(C2CCCCC2)cn1)c1ccccc1. The van der Waals surface area contributed by atoms with Gasteiger partial charge in [0.1, 0.15) is 11.6 Å². The number of hydrogen-bond acceptors (Lipinski definition) is 4. The first-order valence-electron chi connectivity index (χ1n) is 12.1. The number of benzene rings is 1. The number of ether oxygens (including phenoxy) is 1. The van der Waals surface area contributed by atoms with Gasteiger partial charge in [0.25, 0.3) is 0 Å². The Balaban J connectivity index is 1.50. The highest BCUT2D eigenvalue weighted by Gasteiger charge is 2.42. The molecular weight excluding hydrogens is 414 g/mol. The average Bonchev–Trinajstić information content (AvgIpc) is 2.77. The lowest BCUT2D eigenvalue weighted by atomic mass is 9.85. The molecule has 1 aliphatic heterocycles. The minimum Gasteiger partial charge on any atom is -0.444 e. The van der Waals surface area contributed by atoms with E-state index in [0.717, 1.165) is 11.4 Å². The lowest BCUT2D eigenvalue weighted by molar-refractivity contribution is -0.128. The van der Waals surface area contributed by atoms with Crippen LogP contribution in [0.2, 0.25) is 0 Å². The highest BCUT2D eigenvalue weighted by Crippen LogP contribution is 2.32. The molecule has 33 heavy (non-hydrogen) atoms. The maximum atomic E-state index is 13.6. The summed E-state index contributed by atoms with van der Waals surface area (Å²) in [5.41, 5.74) is 2.35. The van der Waals surface area contributed by atoms with Crippen LogP contribution in [0.25, 0.3) is 0 Å². The first-order chi connectivity index (χ1) is 15.8. The van der Waals surface area contributed by atoms with E-state index in [0.29, 0.717) is 25.4 Å². The zero-order valence-corrected chi connectivity index (χ0v) is 20.0. The van der Waals surface area contributed by atoms with Crippen LogP contribution in [0.5, 0.6) is 0 Å². The summed E-state index contributed by atoms with van der Waals surface area (Å²) in [5, 5.41) is 0. The number of nitrogens with zero attached hydrogens (tertiary/aromatic N) is 3. The van der Waals surface area contributed by atoms with Crippen LogP contribution in [0.3, 0.4) is 0 Å². The molecule has 1 saturated heterocycles. The number of likely N-dealkylation sites (tertiary alicyclic amines) is 1. The van der Waals surface area contributed by atoms with E-state index in [9.17, 15) is 9.59 Å². The number of aromatic nitrogens is 1. The second-order valence-corrected chi connectivity index (χ2v) is 10.2. The van der Waals surface area contributed by atoms with Crippen LogP contribution < -0.4 is 4.90 Å². The van der Waals surface area contributed by atoms with E-state index < -0.39 is 17.7 Å². The Morgan fingerprint density at radius 3 is 2.33 bits per heavy atom. The van der Waals surface area contributed by atoms with E-state index >= 15 is 0 Å². The number of pyridine rings is 1. The molecule has 176 valence electrons. The predicted molar refractivity (Wildman–Crippen MR) is 129 cm³/mol.